The normalized spacial score (nSPS) is 24.9. The first kappa shape index (κ1) is 23.4. The summed E-state index contributed by atoms with van der Waals surface area (Å²) in [6.45, 7) is 0.516. The summed E-state index contributed by atoms with van der Waals surface area (Å²) in [6, 6.07) is 3.97. The molecule has 2 saturated heterocycles. The number of halogens is 5. The first-order valence-corrected chi connectivity index (χ1v) is 11.7. The molecule has 2 aliphatic heterocycles. The summed E-state index contributed by atoms with van der Waals surface area (Å²) in [5, 5.41) is 8.82. The van der Waals surface area contributed by atoms with E-state index in [4.69, 9.17) is 16.3 Å². The van der Waals surface area contributed by atoms with Gasteiger partial charge in [0, 0.05) is 24.7 Å². The average molecular weight is 499 g/mol. The molecule has 0 unspecified atom stereocenters. The zero-order valence-electron chi connectivity index (χ0n) is 18.1. The number of fused-ring (bicyclic) bond motifs is 2. The zero-order chi connectivity index (χ0) is 24.2. The third kappa shape index (κ3) is 4.60. The van der Waals surface area contributed by atoms with Gasteiger partial charge in [0.25, 0.3) is 0 Å². The third-order valence-corrected chi connectivity index (χ3v) is 7.39. The van der Waals surface area contributed by atoms with Gasteiger partial charge in [-0.2, -0.15) is 13.2 Å². The van der Waals surface area contributed by atoms with Gasteiger partial charge in [-0.1, -0.05) is 11.6 Å². The van der Waals surface area contributed by atoms with Crippen molar-refractivity contribution in [3.05, 3.63) is 57.5 Å². The number of aromatic nitrogens is 1. The molecule has 0 spiro atoms. The molecule has 1 aromatic carbocycles. The van der Waals surface area contributed by atoms with Crippen molar-refractivity contribution in [2.75, 3.05) is 0 Å². The highest BCUT2D eigenvalue weighted by Crippen LogP contribution is 2.45. The summed E-state index contributed by atoms with van der Waals surface area (Å²) in [6.07, 6.45) is 1.10. The number of benzene rings is 1. The molecule has 5 nitrogen and oxygen atoms in total. The smallest absolute Gasteiger partial charge is 0.418 e. The standard InChI is InChI=1S/C24H23ClF4N2O3/c25-20-10-30-22(9-19(20)24(27,28)29)34-16-6-14-3-4-15(7-16)31(14)11-13-5-21(26)18(23(32)33)8-17(13)12-1-2-12/h5,8-10,12,14-16H,1-4,6-7,11H2,(H,32,33)/t14-,15+,16+. The Bertz CT molecular complexity index is 1110. The van der Waals surface area contributed by atoms with Crippen LogP contribution >= 0.6 is 11.6 Å². The molecule has 1 aromatic heterocycles. The summed E-state index contributed by atoms with van der Waals surface area (Å²) in [7, 11) is 0. The van der Waals surface area contributed by atoms with Crippen molar-refractivity contribution in [3.8, 4) is 5.88 Å². The summed E-state index contributed by atoms with van der Waals surface area (Å²) in [5.41, 5.74) is 0.450. The van der Waals surface area contributed by atoms with E-state index in [1.54, 1.807) is 0 Å². The van der Waals surface area contributed by atoms with Gasteiger partial charge >= 0.3 is 12.1 Å². The molecule has 1 saturated carbocycles. The molecule has 10 heteroatoms. The van der Waals surface area contributed by atoms with Gasteiger partial charge in [-0.25, -0.2) is 14.2 Å². The average Bonchev–Trinajstić information content (AvgIpc) is 3.56. The monoisotopic (exact) mass is 498 g/mol. The van der Waals surface area contributed by atoms with Gasteiger partial charge in [-0.15, -0.1) is 0 Å². The number of carboxylic acids is 1. The number of carbonyl (C=O) groups is 1. The number of rotatable bonds is 6. The molecule has 2 aromatic rings. The van der Waals surface area contributed by atoms with Crippen molar-refractivity contribution in [2.45, 2.75) is 75.4 Å². The van der Waals surface area contributed by atoms with Gasteiger partial charge in [0.2, 0.25) is 5.88 Å². The third-order valence-electron chi connectivity index (χ3n) is 7.09. The van der Waals surface area contributed by atoms with Crippen molar-refractivity contribution in [2.24, 2.45) is 0 Å². The zero-order valence-corrected chi connectivity index (χ0v) is 18.9. The number of nitrogens with zero attached hydrogens (tertiary/aromatic N) is 2. The number of hydrogen-bond acceptors (Lipinski definition) is 4. The predicted molar refractivity (Wildman–Crippen MR) is 116 cm³/mol. The van der Waals surface area contributed by atoms with Crippen LogP contribution in [0.4, 0.5) is 17.6 Å². The highest BCUT2D eigenvalue weighted by molar-refractivity contribution is 6.31. The fourth-order valence-electron chi connectivity index (χ4n) is 5.35. The van der Waals surface area contributed by atoms with E-state index in [0.29, 0.717) is 19.4 Å². The largest absolute Gasteiger partial charge is 0.478 e. The van der Waals surface area contributed by atoms with E-state index in [9.17, 15) is 27.5 Å². The van der Waals surface area contributed by atoms with Gasteiger partial charge < -0.3 is 9.84 Å². The SMILES string of the molecule is O=C(O)c1cc(C2CC2)c(CN2[C@@H]3CC[C@H]2C[C@@H](Oc2cc(C(F)(F)F)c(Cl)cn2)C3)cc1F. The Kier molecular flexibility index (Phi) is 5.96. The van der Waals surface area contributed by atoms with Crippen LogP contribution in [-0.2, 0) is 12.7 Å². The number of pyridine rings is 1. The Morgan fingerprint density at radius 1 is 1.15 bits per heavy atom. The second kappa shape index (κ2) is 8.68. The lowest BCUT2D eigenvalue weighted by Gasteiger charge is -2.39. The molecule has 1 N–H and O–H groups in total. The topological polar surface area (TPSA) is 62.7 Å². The Morgan fingerprint density at radius 3 is 2.41 bits per heavy atom. The first-order chi connectivity index (χ1) is 16.1. The van der Waals surface area contributed by atoms with E-state index in [1.165, 1.54) is 12.1 Å². The van der Waals surface area contributed by atoms with Crippen molar-refractivity contribution >= 4 is 17.6 Å². The highest BCUT2D eigenvalue weighted by Gasteiger charge is 2.43. The fraction of sp³-hybridized carbons (Fsp3) is 0.500. The second-order valence-corrected chi connectivity index (χ2v) is 9.79. The number of piperidine rings is 1. The lowest BCUT2D eigenvalue weighted by atomic mass is 9.95. The van der Waals surface area contributed by atoms with E-state index in [0.717, 1.165) is 49.1 Å². The van der Waals surface area contributed by atoms with Gasteiger partial charge in [0.05, 0.1) is 22.3 Å². The van der Waals surface area contributed by atoms with E-state index in [2.05, 4.69) is 9.88 Å². The number of hydrogen-bond donors (Lipinski definition) is 1. The number of alkyl halides is 3. The maximum absolute atomic E-state index is 14.5. The number of ether oxygens (including phenoxy) is 1. The van der Waals surface area contributed by atoms with Crippen LogP contribution in [-0.4, -0.2) is 39.1 Å². The van der Waals surface area contributed by atoms with Gasteiger partial charge in [-0.05, 0) is 67.7 Å². The van der Waals surface area contributed by atoms with Crippen molar-refractivity contribution < 1.29 is 32.2 Å². The molecule has 3 atom stereocenters. The molecule has 34 heavy (non-hydrogen) atoms. The highest BCUT2D eigenvalue weighted by atomic mass is 35.5. The minimum atomic E-state index is -4.59. The van der Waals surface area contributed by atoms with Gasteiger partial charge in [0.15, 0.2) is 0 Å². The maximum atomic E-state index is 14.5. The molecule has 0 amide bonds. The van der Waals surface area contributed by atoms with Crippen LogP contribution in [0, 0.1) is 5.82 Å². The fourth-order valence-corrected chi connectivity index (χ4v) is 5.56. The Morgan fingerprint density at radius 2 is 1.82 bits per heavy atom. The van der Waals surface area contributed by atoms with Crippen LogP contribution in [0.3, 0.4) is 0 Å². The van der Waals surface area contributed by atoms with Crippen molar-refractivity contribution in [1.29, 1.82) is 0 Å². The minimum absolute atomic E-state index is 0.100. The van der Waals surface area contributed by atoms with Crippen LogP contribution in [0.1, 0.15) is 71.5 Å². The van der Waals surface area contributed by atoms with Gasteiger partial charge in [-0.3, -0.25) is 4.90 Å². The number of carboxylic acid groups (broad SMARTS) is 1. The minimum Gasteiger partial charge on any atom is -0.478 e. The van der Waals surface area contributed by atoms with Crippen molar-refractivity contribution in [3.63, 3.8) is 0 Å². The predicted octanol–water partition coefficient (Wildman–Crippen LogP) is 6.04. The van der Waals surface area contributed by atoms with Crippen LogP contribution < -0.4 is 4.74 Å². The van der Waals surface area contributed by atoms with Crippen LogP contribution in [0.5, 0.6) is 5.88 Å². The molecule has 2 bridgehead atoms. The van der Waals surface area contributed by atoms with E-state index >= 15 is 0 Å². The Balaban J connectivity index is 1.31. The summed E-state index contributed by atoms with van der Waals surface area (Å²) in [4.78, 5) is 17.6. The first-order valence-electron chi connectivity index (χ1n) is 11.3. The second-order valence-electron chi connectivity index (χ2n) is 9.38. The molecule has 182 valence electrons. The molecule has 3 aliphatic rings. The molecule has 3 fully saturated rings. The molecule has 3 heterocycles. The molecular formula is C24H23ClF4N2O3. The molecular weight excluding hydrogens is 476 g/mol. The Labute approximate surface area is 198 Å². The molecule has 1 aliphatic carbocycles. The van der Waals surface area contributed by atoms with E-state index in [1.807, 2.05) is 0 Å². The number of aromatic carboxylic acids is 1. The molecule has 5 rings (SSSR count). The lowest BCUT2D eigenvalue weighted by Crippen LogP contribution is -2.46. The quantitative estimate of drug-likeness (QED) is 0.492. The van der Waals surface area contributed by atoms with Crippen LogP contribution in [0.2, 0.25) is 5.02 Å². The van der Waals surface area contributed by atoms with Crippen LogP contribution in [0.25, 0.3) is 0 Å². The van der Waals surface area contributed by atoms with Gasteiger partial charge in [0.1, 0.15) is 11.9 Å². The maximum Gasteiger partial charge on any atom is 0.418 e. The summed E-state index contributed by atoms with van der Waals surface area (Å²) >= 11 is 5.65. The lowest BCUT2D eigenvalue weighted by molar-refractivity contribution is -0.137. The van der Waals surface area contributed by atoms with E-state index in [-0.39, 0.29) is 35.5 Å². The summed E-state index contributed by atoms with van der Waals surface area (Å²) < 4.78 is 59.8. The van der Waals surface area contributed by atoms with Crippen molar-refractivity contribution in [1.82, 2.24) is 9.88 Å². The van der Waals surface area contributed by atoms with Crippen LogP contribution in [0.15, 0.2) is 24.4 Å². The molecule has 0 radical (unpaired) electrons. The Hall–Kier alpha value is -2.39. The van der Waals surface area contributed by atoms with E-state index < -0.39 is 28.5 Å². The summed E-state index contributed by atoms with van der Waals surface area (Å²) in [5.74, 6) is -1.83.